The highest BCUT2D eigenvalue weighted by atomic mass is 32.1. The minimum atomic E-state index is -0.887. The fraction of sp³-hybridized carbons (Fsp3) is 0.471. The normalized spacial score (nSPS) is 17.3. The number of carbonyl (C=O) groups is 1. The number of thiazole rings is 1. The maximum absolute atomic E-state index is 12.7. The molecule has 0 unspecified atom stereocenters. The van der Waals surface area contributed by atoms with E-state index in [0.717, 1.165) is 27.6 Å². The molecule has 3 rings (SSSR count). The third kappa shape index (κ3) is 3.14. The molecule has 1 saturated heterocycles. The molecule has 23 heavy (non-hydrogen) atoms. The van der Waals surface area contributed by atoms with Crippen LogP contribution in [0.5, 0.6) is 0 Å². The van der Waals surface area contributed by atoms with Crippen LogP contribution in [0.2, 0.25) is 0 Å². The molecule has 0 bridgehead atoms. The second kappa shape index (κ2) is 6.37. The van der Waals surface area contributed by atoms with Crippen LogP contribution in [0.3, 0.4) is 0 Å². The fourth-order valence-electron chi connectivity index (χ4n) is 2.95. The first kappa shape index (κ1) is 16.1. The van der Waals surface area contributed by atoms with E-state index in [-0.39, 0.29) is 5.91 Å². The van der Waals surface area contributed by atoms with Crippen molar-refractivity contribution in [2.45, 2.75) is 38.7 Å². The number of likely N-dealkylation sites (tertiary alicyclic amines) is 1. The molecule has 6 heteroatoms. The highest BCUT2D eigenvalue weighted by Crippen LogP contribution is 2.33. The molecule has 0 aliphatic carbocycles. The van der Waals surface area contributed by atoms with Crippen molar-refractivity contribution in [1.82, 2.24) is 14.9 Å². The highest BCUT2D eigenvalue weighted by molar-refractivity contribution is 7.13. The monoisotopic (exact) mass is 331 g/mol. The number of aromatic nitrogens is 2. The Labute approximate surface area is 140 Å². The van der Waals surface area contributed by atoms with E-state index in [2.05, 4.69) is 9.97 Å². The predicted molar refractivity (Wildman–Crippen MR) is 89.5 cm³/mol. The Morgan fingerprint density at radius 3 is 2.74 bits per heavy atom. The number of aliphatic hydroxyl groups is 1. The Balaban J connectivity index is 1.71. The Morgan fingerprint density at radius 1 is 1.43 bits per heavy atom. The summed E-state index contributed by atoms with van der Waals surface area (Å²) in [7, 11) is 0. The summed E-state index contributed by atoms with van der Waals surface area (Å²) >= 11 is 1.48. The summed E-state index contributed by atoms with van der Waals surface area (Å²) in [5.74, 6) is 0.0351. The topological polar surface area (TPSA) is 66.3 Å². The quantitative estimate of drug-likeness (QED) is 0.938. The Kier molecular flexibility index (Phi) is 4.46. The van der Waals surface area contributed by atoms with Crippen molar-refractivity contribution in [3.8, 4) is 0 Å². The number of pyridine rings is 1. The van der Waals surface area contributed by atoms with Crippen molar-refractivity contribution in [3.05, 3.63) is 45.7 Å². The first-order chi connectivity index (χ1) is 11.0. The zero-order valence-corrected chi connectivity index (χ0v) is 14.3. The number of piperidine rings is 1. The van der Waals surface area contributed by atoms with Crippen LogP contribution < -0.4 is 0 Å². The molecule has 1 amide bonds. The zero-order chi connectivity index (χ0) is 16.4. The van der Waals surface area contributed by atoms with E-state index < -0.39 is 5.60 Å². The number of nitrogens with zero attached hydrogens (tertiary/aromatic N) is 3. The summed E-state index contributed by atoms with van der Waals surface area (Å²) in [6, 6.07) is 3.73. The molecule has 1 fully saturated rings. The molecule has 5 nitrogen and oxygen atoms in total. The molecule has 2 aromatic heterocycles. The number of carbonyl (C=O) groups excluding carboxylic acids is 1. The molecule has 0 atom stereocenters. The minimum absolute atomic E-state index is 0.0351. The van der Waals surface area contributed by atoms with Gasteiger partial charge < -0.3 is 10.0 Å². The van der Waals surface area contributed by atoms with E-state index in [9.17, 15) is 9.90 Å². The van der Waals surface area contributed by atoms with Gasteiger partial charge in [0.1, 0.15) is 4.88 Å². The van der Waals surface area contributed by atoms with E-state index in [1.165, 1.54) is 11.3 Å². The number of rotatable bonds is 3. The number of amides is 1. The smallest absolute Gasteiger partial charge is 0.265 e. The molecule has 1 N–H and O–H groups in total. The summed E-state index contributed by atoms with van der Waals surface area (Å²) in [5.41, 5.74) is 0.752. The van der Waals surface area contributed by atoms with Crippen LogP contribution in [-0.4, -0.2) is 39.0 Å². The Morgan fingerprint density at radius 2 is 2.17 bits per heavy atom. The molecule has 0 aromatic carbocycles. The van der Waals surface area contributed by atoms with E-state index >= 15 is 0 Å². The number of hydrogen-bond acceptors (Lipinski definition) is 5. The number of aryl methyl sites for hydroxylation is 2. The van der Waals surface area contributed by atoms with E-state index in [0.29, 0.717) is 25.9 Å². The van der Waals surface area contributed by atoms with Crippen LogP contribution >= 0.6 is 11.3 Å². The third-order valence-corrected chi connectivity index (χ3v) is 5.70. The lowest BCUT2D eigenvalue weighted by atomic mass is 9.85. The van der Waals surface area contributed by atoms with E-state index in [4.69, 9.17) is 0 Å². The second-order valence-electron chi connectivity index (χ2n) is 5.94. The molecule has 0 radical (unpaired) electrons. The van der Waals surface area contributed by atoms with Gasteiger partial charge in [-0.3, -0.25) is 9.78 Å². The van der Waals surface area contributed by atoms with Gasteiger partial charge in [0.05, 0.1) is 16.3 Å². The summed E-state index contributed by atoms with van der Waals surface area (Å²) in [4.78, 5) is 23.8. The van der Waals surface area contributed by atoms with Gasteiger partial charge in [-0.2, -0.15) is 0 Å². The maximum Gasteiger partial charge on any atom is 0.265 e. The summed E-state index contributed by atoms with van der Waals surface area (Å²) < 4.78 is 0. The van der Waals surface area contributed by atoms with Crippen molar-refractivity contribution >= 4 is 17.2 Å². The first-order valence-electron chi connectivity index (χ1n) is 7.92. The van der Waals surface area contributed by atoms with Crippen molar-refractivity contribution in [1.29, 1.82) is 0 Å². The SMILES string of the molecule is CCc1nc(C)c(C(=O)N2CCC(O)(c3cccnc3)CC2)s1. The minimum Gasteiger partial charge on any atom is -0.385 e. The van der Waals surface area contributed by atoms with Crippen LogP contribution in [0.4, 0.5) is 0 Å². The average molecular weight is 331 g/mol. The lowest BCUT2D eigenvalue weighted by Crippen LogP contribution is -2.45. The van der Waals surface area contributed by atoms with Crippen LogP contribution in [-0.2, 0) is 12.0 Å². The lowest BCUT2D eigenvalue weighted by Gasteiger charge is -2.38. The van der Waals surface area contributed by atoms with Crippen LogP contribution in [0.25, 0.3) is 0 Å². The molecule has 122 valence electrons. The largest absolute Gasteiger partial charge is 0.385 e. The van der Waals surface area contributed by atoms with Gasteiger partial charge in [0.25, 0.3) is 5.91 Å². The van der Waals surface area contributed by atoms with Gasteiger partial charge in [-0.25, -0.2) is 4.98 Å². The van der Waals surface area contributed by atoms with Crippen molar-refractivity contribution in [3.63, 3.8) is 0 Å². The van der Waals surface area contributed by atoms with Gasteiger partial charge in [0.2, 0.25) is 0 Å². The second-order valence-corrected chi connectivity index (χ2v) is 7.02. The van der Waals surface area contributed by atoms with Crippen molar-refractivity contribution in [2.75, 3.05) is 13.1 Å². The Bertz CT molecular complexity index is 691. The van der Waals surface area contributed by atoms with Crippen LogP contribution in [0, 0.1) is 6.92 Å². The maximum atomic E-state index is 12.7. The van der Waals surface area contributed by atoms with E-state index in [1.54, 1.807) is 12.4 Å². The van der Waals surface area contributed by atoms with Gasteiger partial charge in [-0.1, -0.05) is 13.0 Å². The summed E-state index contributed by atoms with van der Waals surface area (Å²) in [5, 5.41) is 11.8. The first-order valence-corrected chi connectivity index (χ1v) is 8.73. The number of hydrogen-bond donors (Lipinski definition) is 1. The van der Waals surface area contributed by atoms with Gasteiger partial charge >= 0.3 is 0 Å². The lowest BCUT2D eigenvalue weighted by molar-refractivity contribution is -0.0212. The summed E-state index contributed by atoms with van der Waals surface area (Å²) in [6.07, 6.45) is 5.31. The molecular weight excluding hydrogens is 310 g/mol. The van der Waals surface area contributed by atoms with Gasteiger partial charge in [0, 0.05) is 31.0 Å². The average Bonchev–Trinajstić information content (AvgIpc) is 2.97. The summed E-state index contributed by atoms with van der Waals surface area (Å²) in [6.45, 7) is 5.02. The van der Waals surface area contributed by atoms with Gasteiger partial charge in [-0.05, 0) is 32.3 Å². The van der Waals surface area contributed by atoms with Gasteiger partial charge in [0.15, 0.2) is 0 Å². The van der Waals surface area contributed by atoms with Crippen LogP contribution in [0.15, 0.2) is 24.5 Å². The molecule has 2 aromatic rings. The molecule has 1 aliphatic rings. The van der Waals surface area contributed by atoms with E-state index in [1.807, 2.05) is 30.9 Å². The molecule has 3 heterocycles. The standard InChI is InChI=1S/C17H21N3O2S/c1-3-14-19-12(2)15(23-14)16(21)20-9-6-17(22,7-10-20)13-5-4-8-18-11-13/h4-5,8,11,22H,3,6-7,9-10H2,1-2H3. The van der Waals surface area contributed by atoms with Crippen molar-refractivity contribution in [2.24, 2.45) is 0 Å². The predicted octanol–water partition coefficient (Wildman–Crippen LogP) is 2.53. The highest BCUT2D eigenvalue weighted by Gasteiger charge is 2.36. The molecule has 0 spiro atoms. The zero-order valence-electron chi connectivity index (χ0n) is 13.5. The van der Waals surface area contributed by atoms with Crippen LogP contribution in [0.1, 0.15) is 45.7 Å². The fourth-order valence-corrected chi connectivity index (χ4v) is 3.92. The molecular formula is C17H21N3O2S. The third-order valence-electron chi connectivity index (χ3n) is 4.41. The molecule has 1 aliphatic heterocycles. The Hall–Kier alpha value is -1.79. The molecule has 0 saturated carbocycles. The van der Waals surface area contributed by atoms with Crippen molar-refractivity contribution < 1.29 is 9.90 Å². The van der Waals surface area contributed by atoms with Gasteiger partial charge in [-0.15, -0.1) is 11.3 Å².